The number of hydrogen-bond donors (Lipinski definition) is 1. The van der Waals surface area contributed by atoms with E-state index in [1.54, 1.807) is 12.1 Å². The van der Waals surface area contributed by atoms with Gasteiger partial charge in [0.1, 0.15) is 5.82 Å². The Morgan fingerprint density at radius 2 is 2.05 bits per heavy atom. The maximum Gasteiger partial charge on any atom is 0.327 e. The van der Waals surface area contributed by atoms with Crippen LogP contribution in [0.4, 0.5) is 4.39 Å². The molecule has 0 amide bonds. The number of carboxylic acid groups (broad SMARTS) is 1. The van der Waals surface area contributed by atoms with Crippen LogP contribution in [-0.2, 0) is 4.79 Å². The highest BCUT2D eigenvalue weighted by molar-refractivity contribution is 6.30. The van der Waals surface area contributed by atoms with E-state index in [1.165, 1.54) is 12.1 Å². The molecule has 1 aromatic carbocycles. The van der Waals surface area contributed by atoms with Crippen LogP contribution in [0.1, 0.15) is 43.6 Å². The van der Waals surface area contributed by atoms with Crippen LogP contribution in [0.2, 0.25) is 5.02 Å². The van der Waals surface area contributed by atoms with Gasteiger partial charge in [-0.2, -0.15) is 0 Å². The normalized spacial score (nSPS) is 23.1. The van der Waals surface area contributed by atoms with E-state index in [2.05, 4.69) is 0 Å². The Balaban J connectivity index is 1.87. The lowest BCUT2D eigenvalue weighted by molar-refractivity contribution is -0.131. The second-order valence-corrected chi connectivity index (χ2v) is 5.77. The van der Waals surface area contributed by atoms with Gasteiger partial charge in [0.15, 0.2) is 0 Å². The van der Waals surface area contributed by atoms with Gasteiger partial charge in [-0.3, -0.25) is 0 Å². The zero-order chi connectivity index (χ0) is 14.5. The van der Waals surface area contributed by atoms with E-state index in [1.807, 2.05) is 6.07 Å². The van der Waals surface area contributed by atoms with Crippen molar-refractivity contribution in [2.24, 2.45) is 5.92 Å². The highest BCUT2D eigenvalue weighted by Crippen LogP contribution is 2.37. The Kier molecular flexibility index (Phi) is 5.18. The van der Waals surface area contributed by atoms with E-state index in [4.69, 9.17) is 16.7 Å². The van der Waals surface area contributed by atoms with Crippen LogP contribution < -0.4 is 0 Å². The van der Waals surface area contributed by atoms with Crippen LogP contribution >= 0.6 is 11.6 Å². The van der Waals surface area contributed by atoms with Gasteiger partial charge in [-0.05, 0) is 61.6 Å². The number of halogens is 2. The summed E-state index contributed by atoms with van der Waals surface area (Å²) in [6, 6.07) is 5.06. The molecule has 4 heteroatoms. The molecule has 1 N–H and O–H groups in total. The Morgan fingerprint density at radius 1 is 1.35 bits per heavy atom. The van der Waals surface area contributed by atoms with Crippen molar-refractivity contribution in [1.29, 1.82) is 0 Å². The molecule has 1 saturated carbocycles. The average Bonchev–Trinajstić information content (AvgIpc) is 2.42. The molecule has 20 heavy (non-hydrogen) atoms. The van der Waals surface area contributed by atoms with Gasteiger partial charge in [0.05, 0.1) is 5.02 Å². The SMILES string of the molecule is O=C(O)/C=C/CC1CCC(c2ccc(Cl)c(F)c2)CC1. The minimum Gasteiger partial charge on any atom is -0.478 e. The van der Waals surface area contributed by atoms with E-state index < -0.39 is 5.97 Å². The van der Waals surface area contributed by atoms with Crippen LogP contribution in [0.5, 0.6) is 0 Å². The molecule has 1 fully saturated rings. The zero-order valence-electron chi connectivity index (χ0n) is 11.2. The molecule has 1 aromatic rings. The van der Waals surface area contributed by atoms with Crippen molar-refractivity contribution >= 4 is 17.6 Å². The Labute approximate surface area is 123 Å². The smallest absolute Gasteiger partial charge is 0.327 e. The Bertz CT molecular complexity index is 505. The predicted octanol–water partition coefficient (Wildman–Crippen LogP) is 4.78. The van der Waals surface area contributed by atoms with Crippen molar-refractivity contribution < 1.29 is 14.3 Å². The summed E-state index contributed by atoms with van der Waals surface area (Å²) in [5, 5.41) is 8.72. The molecule has 0 radical (unpaired) electrons. The van der Waals surface area contributed by atoms with E-state index in [-0.39, 0.29) is 10.8 Å². The monoisotopic (exact) mass is 296 g/mol. The van der Waals surface area contributed by atoms with Crippen molar-refractivity contribution in [3.8, 4) is 0 Å². The molecule has 0 saturated heterocycles. The largest absolute Gasteiger partial charge is 0.478 e. The molecule has 1 aliphatic carbocycles. The molecule has 108 valence electrons. The predicted molar refractivity (Wildman–Crippen MR) is 77.5 cm³/mol. The third-order valence-electron chi connectivity index (χ3n) is 3.99. The third-order valence-corrected chi connectivity index (χ3v) is 4.30. The Hall–Kier alpha value is -1.35. The first-order chi connectivity index (χ1) is 9.56. The van der Waals surface area contributed by atoms with Gasteiger partial charge in [0, 0.05) is 6.08 Å². The molecule has 2 rings (SSSR count). The van der Waals surface area contributed by atoms with Gasteiger partial charge >= 0.3 is 5.97 Å². The second-order valence-electron chi connectivity index (χ2n) is 5.37. The fourth-order valence-electron chi connectivity index (χ4n) is 2.86. The maximum absolute atomic E-state index is 13.5. The topological polar surface area (TPSA) is 37.3 Å². The number of hydrogen-bond acceptors (Lipinski definition) is 1. The van der Waals surface area contributed by atoms with Crippen LogP contribution in [0.25, 0.3) is 0 Å². The van der Waals surface area contributed by atoms with Crippen LogP contribution in [0.15, 0.2) is 30.4 Å². The van der Waals surface area contributed by atoms with E-state index >= 15 is 0 Å². The zero-order valence-corrected chi connectivity index (χ0v) is 11.9. The van der Waals surface area contributed by atoms with Gasteiger partial charge in [-0.15, -0.1) is 0 Å². The first-order valence-electron chi connectivity index (χ1n) is 6.90. The number of allylic oxidation sites excluding steroid dienone is 1. The summed E-state index contributed by atoms with van der Waals surface area (Å²) < 4.78 is 13.5. The van der Waals surface area contributed by atoms with E-state index in [0.29, 0.717) is 11.8 Å². The minimum absolute atomic E-state index is 0.168. The van der Waals surface area contributed by atoms with Gasteiger partial charge in [-0.25, -0.2) is 9.18 Å². The highest BCUT2D eigenvalue weighted by Gasteiger charge is 2.22. The van der Waals surface area contributed by atoms with Crippen molar-refractivity contribution in [3.05, 3.63) is 46.8 Å². The summed E-state index contributed by atoms with van der Waals surface area (Å²) in [5.41, 5.74) is 1.02. The van der Waals surface area contributed by atoms with Gasteiger partial charge in [0.2, 0.25) is 0 Å². The number of benzene rings is 1. The van der Waals surface area contributed by atoms with Crippen LogP contribution in [0.3, 0.4) is 0 Å². The standard InChI is InChI=1S/C16H18ClFO2/c17-14-9-8-13(10-15(14)18)12-6-4-11(5-7-12)2-1-3-16(19)20/h1,3,8-12H,2,4-7H2,(H,19,20)/b3-1+. The molecule has 0 aliphatic heterocycles. The lowest BCUT2D eigenvalue weighted by Gasteiger charge is -2.28. The molecular formula is C16H18ClFO2. The van der Waals surface area contributed by atoms with Crippen molar-refractivity contribution in [2.45, 2.75) is 38.0 Å². The minimum atomic E-state index is -0.893. The number of carboxylic acids is 1. The molecule has 0 atom stereocenters. The number of carbonyl (C=O) groups is 1. The van der Waals surface area contributed by atoms with Gasteiger partial charge in [-0.1, -0.05) is 23.7 Å². The molecule has 1 aliphatic rings. The fourth-order valence-corrected chi connectivity index (χ4v) is 2.98. The second kappa shape index (κ2) is 6.89. The van der Waals surface area contributed by atoms with Crippen LogP contribution in [0, 0.1) is 11.7 Å². The lowest BCUT2D eigenvalue weighted by atomic mass is 9.77. The summed E-state index contributed by atoms with van der Waals surface area (Å²) >= 11 is 5.69. The molecule has 0 heterocycles. The van der Waals surface area contributed by atoms with Gasteiger partial charge < -0.3 is 5.11 Å². The summed E-state index contributed by atoms with van der Waals surface area (Å²) in [4.78, 5) is 10.4. The fraction of sp³-hybridized carbons (Fsp3) is 0.438. The van der Waals surface area contributed by atoms with Crippen molar-refractivity contribution in [3.63, 3.8) is 0 Å². The summed E-state index contributed by atoms with van der Waals surface area (Å²) in [7, 11) is 0. The summed E-state index contributed by atoms with van der Waals surface area (Å²) in [6.07, 6.45) is 7.90. The van der Waals surface area contributed by atoms with E-state index in [0.717, 1.165) is 37.7 Å². The molecule has 0 unspecified atom stereocenters. The molecule has 0 spiro atoms. The number of aliphatic carboxylic acids is 1. The quantitative estimate of drug-likeness (QED) is 0.812. The summed E-state index contributed by atoms with van der Waals surface area (Å²) in [6.45, 7) is 0. The molecular weight excluding hydrogens is 279 g/mol. The van der Waals surface area contributed by atoms with E-state index in [9.17, 15) is 9.18 Å². The number of rotatable bonds is 4. The molecule has 0 aromatic heterocycles. The highest BCUT2D eigenvalue weighted by atomic mass is 35.5. The molecule has 0 bridgehead atoms. The van der Waals surface area contributed by atoms with Crippen molar-refractivity contribution in [1.82, 2.24) is 0 Å². The molecule has 2 nitrogen and oxygen atoms in total. The first-order valence-corrected chi connectivity index (χ1v) is 7.28. The van der Waals surface area contributed by atoms with Crippen molar-refractivity contribution in [2.75, 3.05) is 0 Å². The maximum atomic E-state index is 13.5. The van der Waals surface area contributed by atoms with Crippen LogP contribution in [-0.4, -0.2) is 11.1 Å². The third kappa shape index (κ3) is 4.07. The average molecular weight is 297 g/mol. The summed E-state index contributed by atoms with van der Waals surface area (Å²) in [5.74, 6) is -0.313. The van der Waals surface area contributed by atoms with Gasteiger partial charge in [0.25, 0.3) is 0 Å². The first kappa shape index (κ1) is 15.0. The Morgan fingerprint density at radius 3 is 2.65 bits per heavy atom. The lowest BCUT2D eigenvalue weighted by Crippen LogP contribution is -2.13.